The van der Waals surface area contributed by atoms with Crippen LogP contribution in [0.5, 0.6) is 11.5 Å². The summed E-state index contributed by atoms with van der Waals surface area (Å²) in [6, 6.07) is 11.7. The lowest BCUT2D eigenvalue weighted by Crippen LogP contribution is -2.21. The highest BCUT2D eigenvalue weighted by atomic mass is 16.5. The van der Waals surface area contributed by atoms with Crippen molar-refractivity contribution in [3.63, 3.8) is 0 Å². The van der Waals surface area contributed by atoms with E-state index >= 15 is 0 Å². The van der Waals surface area contributed by atoms with Gasteiger partial charge in [-0.3, -0.25) is 4.79 Å². The SMILES string of the molecule is CCCOc1ccc(C(=O)O)cc1NC(=O)COc1ccc(C)cc1. The maximum Gasteiger partial charge on any atom is 0.335 e. The summed E-state index contributed by atoms with van der Waals surface area (Å²) in [6.07, 6.45) is 0.796. The second kappa shape index (κ2) is 8.73. The minimum atomic E-state index is -1.08. The second-order valence-electron chi connectivity index (χ2n) is 5.51. The van der Waals surface area contributed by atoms with Crippen LogP contribution in [0.1, 0.15) is 29.3 Å². The predicted molar refractivity (Wildman–Crippen MR) is 94.5 cm³/mol. The highest BCUT2D eigenvalue weighted by molar-refractivity contribution is 5.96. The van der Waals surface area contributed by atoms with Gasteiger partial charge in [0.05, 0.1) is 17.9 Å². The number of carbonyl (C=O) groups is 2. The number of hydrogen-bond donors (Lipinski definition) is 2. The first-order valence-electron chi connectivity index (χ1n) is 7.99. The van der Waals surface area contributed by atoms with E-state index in [9.17, 15) is 9.59 Å². The fourth-order valence-electron chi connectivity index (χ4n) is 2.07. The first kappa shape index (κ1) is 18.3. The lowest BCUT2D eigenvalue weighted by Gasteiger charge is -2.13. The number of aryl methyl sites for hydroxylation is 1. The molecule has 0 aliphatic carbocycles. The summed E-state index contributed by atoms with van der Waals surface area (Å²) in [6.45, 7) is 4.20. The van der Waals surface area contributed by atoms with Gasteiger partial charge in [-0.15, -0.1) is 0 Å². The number of nitrogens with one attached hydrogen (secondary N) is 1. The van der Waals surface area contributed by atoms with Crippen molar-refractivity contribution in [3.05, 3.63) is 53.6 Å². The number of rotatable bonds is 8. The molecule has 0 spiro atoms. The summed E-state index contributed by atoms with van der Waals surface area (Å²) in [7, 11) is 0. The van der Waals surface area contributed by atoms with Crippen LogP contribution in [-0.2, 0) is 4.79 Å². The summed E-state index contributed by atoms with van der Waals surface area (Å²) in [5, 5.41) is 11.8. The molecule has 0 unspecified atom stereocenters. The van der Waals surface area contributed by atoms with Crippen molar-refractivity contribution in [2.24, 2.45) is 0 Å². The molecule has 0 saturated heterocycles. The molecule has 2 rings (SSSR count). The van der Waals surface area contributed by atoms with Crippen molar-refractivity contribution in [3.8, 4) is 11.5 Å². The Labute approximate surface area is 146 Å². The number of anilines is 1. The van der Waals surface area contributed by atoms with Gasteiger partial charge in [0.15, 0.2) is 6.61 Å². The van der Waals surface area contributed by atoms with Crippen LogP contribution in [0.4, 0.5) is 5.69 Å². The number of benzene rings is 2. The molecule has 132 valence electrons. The summed E-state index contributed by atoms with van der Waals surface area (Å²) in [5.74, 6) is -0.462. The van der Waals surface area contributed by atoms with Crippen LogP contribution in [0.25, 0.3) is 0 Å². The van der Waals surface area contributed by atoms with E-state index in [0.717, 1.165) is 12.0 Å². The third-order valence-electron chi connectivity index (χ3n) is 3.35. The van der Waals surface area contributed by atoms with Gasteiger partial charge in [0.2, 0.25) is 0 Å². The molecule has 0 aliphatic heterocycles. The third-order valence-corrected chi connectivity index (χ3v) is 3.35. The molecule has 0 aromatic heterocycles. The molecule has 2 aromatic carbocycles. The Morgan fingerprint density at radius 1 is 1.08 bits per heavy atom. The van der Waals surface area contributed by atoms with Gasteiger partial charge in [-0.2, -0.15) is 0 Å². The molecule has 0 heterocycles. The monoisotopic (exact) mass is 343 g/mol. The molecular formula is C19H21NO5. The average molecular weight is 343 g/mol. The van der Waals surface area contributed by atoms with Gasteiger partial charge >= 0.3 is 5.97 Å². The van der Waals surface area contributed by atoms with Crippen molar-refractivity contribution in [1.29, 1.82) is 0 Å². The quantitative estimate of drug-likeness (QED) is 0.766. The molecule has 25 heavy (non-hydrogen) atoms. The lowest BCUT2D eigenvalue weighted by molar-refractivity contribution is -0.118. The Kier molecular flexibility index (Phi) is 6.39. The lowest BCUT2D eigenvalue weighted by atomic mass is 10.2. The van der Waals surface area contributed by atoms with Crippen LogP contribution in [-0.4, -0.2) is 30.2 Å². The Morgan fingerprint density at radius 2 is 1.80 bits per heavy atom. The highest BCUT2D eigenvalue weighted by Crippen LogP contribution is 2.26. The van der Waals surface area contributed by atoms with Gasteiger partial charge in [0.25, 0.3) is 5.91 Å². The fourth-order valence-corrected chi connectivity index (χ4v) is 2.07. The largest absolute Gasteiger partial charge is 0.491 e. The molecule has 1 amide bonds. The number of ether oxygens (including phenoxy) is 2. The molecule has 0 radical (unpaired) electrons. The van der Waals surface area contributed by atoms with Crippen LogP contribution in [0.15, 0.2) is 42.5 Å². The Hall–Kier alpha value is -3.02. The summed E-state index contributed by atoms with van der Waals surface area (Å²) in [5.41, 5.74) is 1.48. The Bertz CT molecular complexity index is 740. The van der Waals surface area contributed by atoms with E-state index in [2.05, 4.69) is 5.32 Å². The van der Waals surface area contributed by atoms with E-state index in [1.165, 1.54) is 18.2 Å². The second-order valence-corrected chi connectivity index (χ2v) is 5.51. The van der Waals surface area contributed by atoms with Gasteiger partial charge in [-0.1, -0.05) is 24.6 Å². The standard InChI is InChI=1S/C19H21NO5/c1-3-10-24-17-9-6-14(19(22)23)11-16(17)20-18(21)12-25-15-7-4-13(2)5-8-15/h4-9,11H,3,10,12H2,1-2H3,(H,20,21)(H,22,23). The number of amides is 1. The van der Waals surface area contributed by atoms with Gasteiger partial charge in [-0.25, -0.2) is 4.79 Å². The first-order valence-corrected chi connectivity index (χ1v) is 7.99. The molecule has 0 bridgehead atoms. The molecule has 0 aliphatic rings. The number of carboxylic acids is 1. The van der Waals surface area contributed by atoms with Crippen LogP contribution in [0.3, 0.4) is 0 Å². The maximum atomic E-state index is 12.1. The Balaban J connectivity index is 2.05. The van der Waals surface area contributed by atoms with E-state index < -0.39 is 11.9 Å². The zero-order valence-corrected chi connectivity index (χ0v) is 14.2. The van der Waals surface area contributed by atoms with Crippen molar-refractivity contribution >= 4 is 17.6 Å². The normalized spacial score (nSPS) is 10.2. The first-order chi connectivity index (χ1) is 12.0. The molecule has 0 saturated carbocycles. The smallest absolute Gasteiger partial charge is 0.335 e. The van der Waals surface area contributed by atoms with Crippen molar-refractivity contribution < 1.29 is 24.2 Å². The average Bonchev–Trinajstić information content (AvgIpc) is 2.60. The number of hydrogen-bond acceptors (Lipinski definition) is 4. The van der Waals surface area contributed by atoms with Gasteiger partial charge in [0, 0.05) is 0 Å². The molecule has 2 aromatic rings. The minimum Gasteiger partial charge on any atom is -0.491 e. The van der Waals surface area contributed by atoms with Crippen LogP contribution in [0.2, 0.25) is 0 Å². The maximum absolute atomic E-state index is 12.1. The van der Waals surface area contributed by atoms with E-state index in [-0.39, 0.29) is 12.2 Å². The molecule has 2 N–H and O–H groups in total. The summed E-state index contributed by atoms with van der Waals surface area (Å²) < 4.78 is 11.0. The van der Waals surface area contributed by atoms with E-state index in [1.54, 1.807) is 12.1 Å². The fraction of sp³-hybridized carbons (Fsp3) is 0.263. The van der Waals surface area contributed by atoms with Gasteiger partial charge in [0.1, 0.15) is 11.5 Å². The number of aromatic carboxylic acids is 1. The summed E-state index contributed by atoms with van der Waals surface area (Å²) >= 11 is 0. The molecular weight excluding hydrogens is 322 g/mol. The zero-order valence-electron chi connectivity index (χ0n) is 14.2. The molecule has 6 nitrogen and oxygen atoms in total. The van der Waals surface area contributed by atoms with Crippen molar-refractivity contribution in [2.75, 3.05) is 18.5 Å². The van der Waals surface area contributed by atoms with Gasteiger partial charge < -0.3 is 19.9 Å². The molecule has 0 atom stereocenters. The minimum absolute atomic E-state index is 0.0681. The van der Waals surface area contributed by atoms with E-state index in [0.29, 0.717) is 23.8 Å². The van der Waals surface area contributed by atoms with Crippen molar-refractivity contribution in [2.45, 2.75) is 20.3 Å². The topological polar surface area (TPSA) is 84.9 Å². The van der Waals surface area contributed by atoms with Gasteiger partial charge in [-0.05, 0) is 43.7 Å². The van der Waals surface area contributed by atoms with Crippen molar-refractivity contribution in [1.82, 2.24) is 0 Å². The van der Waals surface area contributed by atoms with Crippen LogP contribution in [0, 0.1) is 6.92 Å². The van der Waals surface area contributed by atoms with E-state index in [1.807, 2.05) is 26.0 Å². The van der Waals surface area contributed by atoms with Crippen LogP contribution < -0.4 is 14.8 Å². The zero-order chi connectivity index (χ0) is 18.2. The predicted octanol–water partition coefficient (Wildman–Crippen LogP) is 3.50. The van der Waals surface area contributed by atoms with E-state index in [4.69, 9.17) is 14.6 Å². The molecule has 0 fully saturated rings. The Morgan fingerprint density at radius 3 is 2.44 bits per heavy atom. The van der Waals surface area contributed by atoms with Crippen LogP contribution >= 0.6 is 0 Å². The summed E-state index contributed by atoms with van der Waals surface area (Å²) in [4.78, 5) is 23.2. The molecule has 6 heteroatoms. The third kappa shape index (κ3) is 5.53. The highest BCUT2D eigenvalue weighted by Gasteiger charge is 2.12. The number of carbonyl (C=O) groups excluding carboxylic acids is 1. The number of carboxylic acid groups (broad SMARTS) is 1.